The highest BCUT2D eigenvalue weighted by Crippen LogP contribution is 2.19. The molecule has 0 aliphatic carbocycles. The highest BCUT2D eigenvalue weighted by atomic mass is 16.1. The van der Waals surface area contributed by atoms with Gasteiger partial charge < -0.3 is 10.6 Å². The van der Waals surface area contributed by atoms with Crippen LogP contribution >= 0.6 is 0 Å². The molecule has 134 valence electrons. The fourth-order valence-corrected chi connectivity index (χ4v) is 2.42. The van der Waals surface area contributed by atoms with Gasteiger partial charge in [0.1, 0.15) is 11.6 Å². The molecule has 2 rings (SSSR count). The van der Waals surface area contributed by atoms with Crippen molar-refractivity contribution in [2.75, 3.05) is 10.6 Å². The zero-order valence-electron chi connectivity index (χ0n) is 15.7. The van der Waals surface area contributed by atoms with Gasteiger partial charge in [0.25, 0.3) is 5.91 Å². The number of nitrogens with zero attached hydrogens (tertiary/aromatic N) is 1. The van der Waals surface area contributed by atoms with Gasteiger partial charge in [-0.1, -0.05) is 52.0 Å². The minimum atomic E-state index is -0.434. The van der Waals surface area contributed by atoms with Crippen LogP contribution in [0.2, 0.25) is 0 Å². The summed E-state index contributed by atoms with van der Waals surface area (Å²) in [5, 5.41) is 15.0. The quantitative estimate of drug-likeness (QED) is 0.544. The van der Waals surface area contributed by atoms with Crippen LogP contribution in [0.1, 0.15) is 50.7 Å². The predicted molar refractivity (Wildman–Crippen MR) is 107 cm³/mol. The molecule has 1 amide bonds. The van der Waals surface area contributed by atoms with Crippen molar-refractivity contribution in [3.05, 3.63) is 71.4 Å². The van der Waals surface area contributed by atoms with E-state index in [-0.39, 0.29) is 5.57 Å². The van der Waals surface area contributed by atoms with E-state index in [4.69, 9.17) is 0 Å². The van der Waals surface area contributed by atoms with Gasteiger partial charge in [-0.2, -0.15) is 5.26 Å². The van der Waals surface area contributed by atoms with E-state index in [0.717, 1.165) is 5.69 Å². The number of rotatable bonds is 6. The van der Waals surface area contributed by atoms with Crippen molar-refractivity contribution in [2.24, 2.45) is 0 Å². The molecule has 4 heteroatoms. The molecule has 0 aromatic heterocycles. The summed E-state index contributed by atoms with van der Waals surface area (Å²) < 4.78 is 0. The van der Waals surface area contributed by atoms with Gasteiger partial charge in [0.2, 0.25) is 0 Å². The SMILES string of the molecule is CC(C)c1ccc(N/C=C(/C#N)C(=O)Nc2ccc(C(C)C)cc2)cc1. The Morgan fingerprint density at radius 3 is 1.77 bits per heavy atom. The first-order valence-corrected chi connectivity index (χ1v) is 8.78. The summed E-state index contributed by atoms with van der Waals surface area (Å²) in [6.07, 6.45) is 1.43. The number of nitriles is 1. The maximum absolute atomic E-state index is 12.3. The number of amides is 1. The Morgan fingerprint density at radius 2 is 1.35 bits per heavy atom. The Kier molecular flexibility index (Phi) is 6.57. The van der Waals surface area contributed by atoms with E-state index in [1.165, 1.54) is 17.3 Å². The zero-order valence-corrected chi connectivity index (χ0v) is 15.7. The molecule has 0 bridgehead atoms. The van der Waals surface area contributed by atoms with Crippen LogP contribution in [-0.4, -0.2) is 5.91 Å². The van der Waals surface area contributed by atoms with Gasteiger partial charge >= 0.3 is 0 Å². The Bertz CT molecular complexity index is 810. The number of anilines is 2. The molecule has 0 spiro atoms. The van der Waals surface area contributed by atoms with Gasteiger partial charge in [0.05, 0.1) is 0 Å². The first-order valence-electron chi connectivity index (χ1n) is 8.78. The first kappa shape index (κ1) is 19.3. The molecular weight excluding hydrogens is 322 g/mol. The molecule has 0 unspecified atom stereocenters. The topological polar surface area (TPSA) is 64.9 Å². The molecule has 0 fully saturated rings. The largest absolute Gasteiger partial charge is 0.360 e. The summed E-state index contributed by atoms with van der Waals surface area (Å²) >= 11 is 0. The standard InChI is InChI=1S/C22H25N3O/c1-15(2)17-5-9-20(10-6-17)24-14-19(13-23)22(26)25-21-11-7-18(8-12-21)16(3)4/h5-12,14-16,24H,1-4H3,(H,25,26)/b19-14-. The van der Waals surface area contributed by atoms with Crippen molar-refractivity contribution in [1.29, 1.82) is 5.26 Å². The van der Waals surface area contributed by atoms with E-state index in [2.05, 4.69) is 38.3 Å². The van der Waals surface area contributed by atoms with Crippen LogP contribution in [0.5, 0.6) is 0 Å². The van der Waals surface area contributed by atoms with Crippen LogP contribution in [0.15, 0.2) is 60.3 Å². The molecule has 0 aliphatic heterocycles. The third kappa shape index (κ3) is 5.22. The van der Waals surface area contributed by atoms with Crippen LogP contribution < -0.4 is 10.6 Å². The molecule has 0 saturated heterocycles. The van der Waals surface area contributed by atoms with Gasteiger partial charge in [-0.25, -0.2) is 0 Å². The van der Waals surface area contributed by atoms with Crippen LogP contribution in [-0.2, 0) is 4.79 Å². The maximum atomic E-state index is 12.3. The molecule has 0 radical (unpaired) electrons. The summed E-state index contributed by atoms with van der Waals surface area (Å²) in [4.78, 5) is 12.3. The second kappa shape index (κ2) is 8.87. The van der Waals surface area contributed by atoms with Crippen LogP contribution in [0, 0.1) is 11.3 Å². The Balaban J connectivity index is 2.03. The molecule has 4 nitrogen and oxygen atoms in total. The fourth-order valence-electron chi connectivity index (χ4n) is 2.42. The van der Waals surface area contributed by atoms with E-state index in [0.29, 0.717) is 17.5 Å². The maximum Gasteiger partial charge on any atom is 0.267 e. The molecule has 2 N–H and O–H groups in total. The van der Waals surface area contributed by atoms with Crippen LogP contribution in [0.3, 0.4) is 0 Å². The first-order chi connectivity index (χ1) is 12.4. The lowest BCUT2D eigenvalue weighted by atomic mass is 10.0. The lowest BCUT2D eigenvalue weighted by molar-refractivity contribution is -0.112. The molecule has 0 atom stereocenters. The molecular formula is C22H25N3O. The summed E-state index contributed by atoms with van der Waals surface area (Å²) in [5.41, 5.74) is 3.96. The molecule has 0 aliphatic rings. The predicted octanol–water partition coefficient (Wildman–Crippen LogP) is 5.39. The number of benzene rings is 2. The van der Waals surface area contributed by atoms with Gasteiger partial charge in [-0.05, 0) is 47.2 Å². The van der Waals surface area contributed by atoms with Crippen molar-refractivity contribution in [3.63, 3.8) is 0 Å². The number of carbonyl (C=O) groups excluding carboxylic acids is 1. The number of nitrogens with one attached hydrogen (secondary N) is 2. The summed E-state index contributed by atoms with van der Waals surface area (Å²) in [5.74, 6) is 0.457. The average molecular weight is 347 g/mol. The van der Waals surface area contributed by atoms with Gasteiger partial charge in [0.15, 0.2) is 0 Å². The molecule has 2 aromatic rings. The number of hydrogen-bond donors (Lipinski definition) is 2. The van der Waals surface area contributed by atoms with Crippen molar-refractivity contribution in [2.45, 2.75) is 39.5 Å². The van der Waals surface area contributed by atoms with Crippen LogP contribution in [0.4, 0.5) is 11.4 Å². The smallest absolute Gasteiger partial charge is 0.267 e. The lowest BCUT2D eigenvalue weighted by Crippen LogP contribution is -2.14. The number of carbonyl (C=O) groups is 1. The highest BCUT2D eigenvalue weighted by Gasteiger charge is 2.09. The monoisotopic (exact) mass is 347 g/mol. The second-order valence-corrected chi connectivity index (χ2v) is 6.82. The van der Waals surface area contributed by atoms with Crippen molar-refractivity contribution in [3.8, 4) is 6.07 Å². The van der Waals surface area contributed by atoms with E-state index in [1.807, 2.05) is 54.6 Å². The normalized spacial score (nSPS) is 11.3. The Labute approximate surface area is 155 Å². The third-order valence-corrected chi connectivity index (χ3v) is 4.16. The van der Waals surface area contributed by atoms with Crippen molar-refractivity contribution < 1.29 is 4.79 Å². The molecule has 0 saturated carbocycles. The van der Waals surface area contributed by atoms with E-state index >= 15 is 0 Å². The van der Waals surface area contributed by atoms with E-state index in [9.17, 15) is 10.1 Å². The summed E-state index contributed by atoms with van der Waals surface area (Å²) in [6, 6.07) is 17.5. The van der Waals surface area contributed by atoms with Gasteiger partial charge in [0, 0.05) is 17.6 Å². The minimum absolute atomic E-state index is 0.0193. The lowest BCUT2D eigenvalue weighted by Gasteiger charge is -2.09. The molecule has 2 aromatic carbocycles. The highest BCUT2D eigenvalue weighted by molar-refractivity contribution is 6.06. The molecule has 0 heterocycles. The minimum Gasteiger partial charge on any atom is -0.360 e. The summed E-state index contributed by atoms with van der Waals surface area (Å²) in [7, 11) is 0. The van der Waals surface area contributed by atoms with Crippen molar-refractivity contribution in [1.82, 2.24) is 0 Å². The fraction of sp³-hybridized carbons (Fsp3) is 0.273. The Morgan fingerprint density at radius 1 is 0.885 bits per heavy atom. The number of hydrogen-bond acceptors (Lipinski definition) is 3. The van der Waals surface area contributed by atoms with Gasteiger partial charge in [-0.15, -0.1) is 0 Å². The average Bonchev–Trinajstić information content (AvgIpc) is 2.63. The second-order valence-electron chi connectivity index (χ2n) is 6.82. The van der Waals surface area contributed by atoms with Crippen LogP contribution in [0.25, 0.3) is 0 Å². The molecule has 26 heavy (non-hydrogen) atoms. The zero-order chi connectivity index (χ0) is 19.1. The Hall–Kier alpha value is -3.06. The third-order valence-electron chi connectivity index (χ3n) is 4.16. The summed E-state index contributed by atoms with van der Waals surface area (Å²) in [6.45, 7) is 8.50. The van der Waals surface area contributed by atoms with Gasteiger partial charge in [-0.3, -0.25) is 4.79 Å². The van der Waals surface area contributed by atoms with E-state index < -0.39 is 5.91 Å². The van der Waals surface area contributed by atoms with E-state index in [1.54, 1.807) is 0 Å². The van der Waals surface area contributed by atoms with Crippen molar-refractivity contribution >= 4 is 17.3 Å².